The van der Waals surface area contributed by atoms with E-state index in [-0.39, 0.29) is 6.54 Å². The van der Waals surface area contributed by atoms with Crippen molar-refractivity contribution in [3.05, 3.63) is 29.7 Å². The number of ether oxygens (including phenoxy) is 1. The predicted molar refractivity (Wildman–Crippen MR) is 53.9 cm³/mol. The SMILES string of the molecule is COc1ccc2ncc(F)c(CN)c2n1. The molecule has 2 rings (SSSR count). The lowest BCUT2D eigenvalue weighted by Gasteiger charge is -2.05. The molecule has 0 fully saturated rings. The molecule has 4 nitrogen and oxygen atoms in total. The Kier molecular flexibility index (Phi) is 2.47. The molecule has 0 bridgehead atoms. The van der Waals surface area contributed by atoms with E-state index in [4.69, 9.17) is 10.5 Å². The van der Waals surface area contributed by atoms with Crippen LogP contribution >= 0.6 is 0 Å². The molecule has 0 aromatic carbocycles. The summed E-state index contributed by atoms with van der Waals surface area (Å²) in [5, 5.41) is 0. The van der Waals surface area contributed by atoms with Gasteiger partial charge in [0.2, 0.25) is 5.88 Å². The van der Waals surface area contributed by atoms with Crippen molar-refractivity contribution in [1.82, 2.24) is 9.97 Å². The predicted octanol–water partition coefficient (Wildman–Crippen LogP) is 1.24. The fraction of sp³-hybridized carbons (Fsp3) is 0.200. The van der Waals surface area contributed by atoms with E-state index in [2.05, 4.69) is 9.97 Å². The molecule has 2 aromatic heterocycles. The second-order valence-corrected chi connectivity index (χ2v) is 3.01. The molecule has 78 valence electrons. The van der Waals surface area contributed by atoms with Gasteiger partial charge in [-0.2, -0.15) is 0 Å². The highest BCUT2D eigenvalue weighted by molar-refractivity contribution is 5.78. The molecule has 0 saturated heterocycles. The van der Waals surface area contributed by atoms with Gasteiger partial charge >= 0.3 is 0 Å². The molecule has 2 N–H and O–H groups in total. The summed E-state index contributed by atoms with van der Waals surface area (Å²) in [5.74, 6) is -0.0182. The van der Waals surface area contributed by atoms with Crippen molar-refractivity contribution in [3.8, 4) is 5.88 Å². The Bertz CT molecular complexity index is 501. The van der Waals surface area contributed by atoms with Crippen molar-refractivity contribution < 1.29 is 9.13 Å². The van der Waals surface area contributed by atoms with Gasteiger partial charge < -0.3 is 10.5 Å². The van der Waals surface area contributed by atoms with Crippen LogP contribution in [0.1, 0.15) is 5.56 Å². The molecule has 0 spiro atoms. The highest BCUT2D eigenvalue weighted by Crippen LogP contribution is 2.20. The highest BCUT2D eigenvalue weighted by atomic mass is 19.1. The molecule has 0 atom stereocenters. The van der Waals surface area contributed by atoms with Crippen molar-refractivity contribution in [3.63, 3.8) is 0 Å². The molecule has 0 aliphatic heterocycles. The lowest BCUT2D eigenvalue weighted by molar-refractivity contribution is 0.399. The fourth-order valence-corrected chi connectivity index (χ4v) is 1.39. The molecule has 2 aromatic rings. The minimum absolute atomic E-state index is 0.0883. The summed E-state index contributed by atoms with van der Waals surface area (Å²) < 4.78 is 18.3. The van der Waals surface area contributed by atoms with Crippen LogP contribution in [0.5, 0.6) is 5.88 Å². The first-order valence-electron chi connectivity index (χ1n) is 4.44. The van der Waals surface area contributed by atoms with E-state index in [0.717, 1.165) is 6.20 Å². The summed E-state index contributed by atoms with van der Waals surface area (Å²) in [6.45, 7) is 0.0883. The summed E-state index contributed by atoms with van der Waals surface area (Å²) in [7, 11) is 1.50. The van der Waals surface area contributed by atoms with Crippen LogP contribution in [0.25, 0.3) is 11.0 Å². The number of hydrogen-bond acceptors (Lipinski definition) is 4. The van der Waals surface area contributed by atoms with Crippen LogP contribution < -0.4 is 10.5 Å². The van der Waals surface area contributed by atoms with Gasteiger partial charge in [-0.1, -0.05) is 0 Å². The molecule has 0 unspecified atom stereocenters. The monoisotopic (exact) mass is 207 g/mol. The van der Waals surface area contributed by atoms with Crippen molar-refractivity contribution in [2.45, 2.75) is 6.54 Å². The van der Waals surface area contributed by atoms with E-state index in [1.165, 1.54) is 7.11 Å². The van der Waals surface area contributed by atoms with Crippen LogP contribution in [0.15, 0.2) is 18.3 Å². The maximum absolute atomic E-state index is 13.3. The van der Waals surface area contributed by atoms with Gasteiger partial charge in [0.1, 0.15) is 11.3 Å². The van der Waals surface area contributed by atoms with Gasteiger partial charge in [-0.25, -0.2) is 9.37 Å². The van der Waals surface area contributed by atoms with Crippen LogP contribution in [0.4, 0.5) is 4.39 Å². The van der Waals surface area contributed by atoms with Crippen LogP contribution in [-0.2, 0) is 6.54 Å². The molecule has 15 heavy (non-hydrogen) atoms. The maximum atomic E-state index is 13.3. The highest BCUT2D eigenvalue weighted by Gasteiger charge is 2.09. The number of nitrogens with zero attached hydrogens (tertiary/aromatic N) is 2. The molecule has 0 aliphatic carbocycles. The van der Waals surface area contributed by atoms with E-state index >= 15 is 0 Å². The third kappa shape index (κ3) is 1.61. The Morgan fingerprint density at radius 2 is 2.27 bits per heavy atom. The van der Waals surface area contributed by atoms with E-state index in [1.807, 2.05) is 0 Å². The van der Waals surface area contributed by atoms with Gasteiger partial charge in [-0.3, -0.25) is 4.98 Å². The molecule has 0 radical (unpaired) electrons. The van der Waals surface area contributed by atoms with Gasteiger partial charge in [0.05, 0.1) is 18.8 Å². The van der Waals surface area contributed by atoms with E-state index in [0.29, 0.717) is 22.5 Å². The zero-order chi connectivity index (χ0) is 10.8. The Morgan fingerprint density at radius 1 is 1.47 bits per heavy atom. The number of methoxy groups -OCH3 is 1. The molecular weight excluding hydrogens is 197 g/mol. The largest absolute Gasteiger partial charge is 0.481 e. The molecule has 0 amide bonds. The number of hydrogen-bond donors (Lipinski definition) is 1. The maximum Gasteiger partial charge on any atom is 0.213 e. The number of fused-ring (bicyclic) bond motifs is 1. The average molecular weight is 207 g/mol. The standard InChI is InChI=1S/C10H10FN3O/c1-15-9-3-2-8-10(14-9)6(4-12)7(11)5-13-8/h2-3,5H,4,12H2,1H3. The lowest BCUT2D eigenvalue weighted by Crippen LogP contribution is -2.03. The normalized spacial score (nSPS) is 10.6. The van der Waals surface area contributed by atoms with Gasteiger partial charge in [0, 0.05) is 18.2 Å². The number of rotatable bonds is 2. The van der Waals surface area contributed by atoms with E-state index in [1.54, 1.807) is 12.1 Å². The van der Waals surface area contributed by atoms with Crippen LogP contribution in [-0.4, -0.2) is 17.1 Å². The van der Waals surface area contributed by atoms with Gasteiger partial charge in [0.25, 0.3) is 0 Å². The quantitative estimate of drug-likeness (QED) is 0.804. The first-order valence-corrected chi connectivity index (χ1v) is 4.44. The Hall–Kier alpha value is -1.75. The lowest BCUT2D eigenvalue weighted by atomic mass is 10.2. The second-order valence-electron chi connectivity index (χ2n) is 3.01. The first kappa shape index (κ1) is 9.79. The minimum Gasteiger partial charge on any atom is -0.481 e. The first-order chi connectivity index (χ1) is 7.26. The van der Waals surface area contributed by atoms with Gasteiger partial charge in [0.15, 0.2) is 0 Å². The average Bonchev–Trinajstić information content (AvgIpc) is 2.28. The van der Waals surface area contributed by atoms with Gasteiger partial charge in [-0.05, 0) is 6.07 Å². The van der Waals surface area contributed by atoms with Crippen molar-refractivity contribution in [1.29, 1.82) is 0 Å². The third-order valence-corrected chi connectivity index (χ3v) is 2.15. The molecule has 0 aliphatic rings. The zero-order valence-corrected chi connectivity index (χ0v) is 8.20. The molecular formula is C10H10FN3O. The van der Waals surface area contributed by atoms with Crippen LogP contribution in [0.2, 0.25) is 0 Å². The second kappa shape index (κ2) is 3.78. The Labute approximate surface area is 85.9 Å². The summed E-state index contributed by atoms with van der Waals surface area (Å²) >= 11 is 0. The van der Waals surface area contributed by atoms with E-state index in [9.17, 15) is 4.39 Å². The van der Waals surface area contributed by atoms with Crippen LogP contribution in [0, 0.1) is 5.82 Å². The Morgan fingerprint density at radius 3 is 2.93 bits per heavy atom. The zero-order valence-electron chi connectivity index (χ0n) is 8.20. The number of pyridine rings is 2. The fourth-order valence-electron chi connectivity index (χ4n) is 1.39. The summed E-state index contributed by atoms with van der Waals surface area (Å²) in [4.78, 5) is 8.04. The number of nitrogens with two attached hydrogens (primary N) is 1. The van der Waals surface area contributed by atoms with Gasteiger partial charge in [-0.15, -0.1) is 0 Å². The number of halogens is 1. The summed E-state index contributed by atoms with van der Waals surface area (Å²) in [6, 6.07) is 3.40. The minimum atomic E-state index is -0.439. The van der Waals surface area contributed by atoms with E-state index < -0.39 is 5.82 Å². The van der Waals surface area contributed by atoms with Crippen molar-refractivity contribution in [2.75, 3.05) is 7.11 Å². The molecule has 5 heteroatoms. The number of aromatic nitrogens is 2. The molecule has 2 heterocycles. The topological polar surface area (TPSA) is 61.0 Å². The smallest absolute Gasteiger partial charge is 0.213 e. The van der Waals surface area contributed by atoms with Crippen molar-refractivity contribution in [2.24, 2.45) is 5.73 Å². The summed E-state index contributed by atoms with van der Waals surface area (Å²) in [6.07, 6.45) is 1.15. The third-order valence-electron chi connectivity index (χ3n) is 2.15. The van der Waals surface area contributed by atoms with Crippen LogP contribution in [0.3, 0.4) is 0 Å². The summed E-state index contributed by atoms with van der Waals surface area (Å²) in [5.41, 5.74) is 6.88. The molecule has 0 saturated carbocycles. The van der Waals surface area contributed by atoms with Crippen molar-refractivity contribution >= 4 is 11.0 Å². The Balaban J connectivity index is 2.76.